The van der Waals surface area contributed by atoms with Crippen molar-refractivity contribution in [2.75, 3.05) is 6.54 Å². The predicted molar refractivity (Wildman–Crippen MR) is 79.1 cm³/mol. The summed E-state index contributed by atoms with van der Waals surface area (Å²) in [5.41, 5.74) is 3.61. The standard InChI is InChI=1S/C14H13N3O3S/c18-13(19)4-2-10-1-3-12(16-7-10)14(20)15-6-5-11-8-21-9-17-11/h1-4,7-9H,5-6H2,(H,15,20)(H,18,19). The van der Waals surface area contributed by atoms with Crippen molar-refractivity contribution >= 4 is 29.3 Å². The van der Waals surface area contributed by atoms with Crippen molar-refractivity contribution in [3.8, 4) is 0 Å². The van der Waals surface area contributed by atoms with Crippen LogP contribution in [0.5, 0.6) is 0 Å². The Labute approximate surface area is 125 Å². The normalized spacial score (nSPS) is 10.7. The zero-order valence-electron chi connectivity index (χ0n) is 11.0. The lowest BCUT2D eigenvalue weighted by molar-refractivity contribution is -0.131. The SMILES string of the molecule is O=C(O)C=Cc1ccc(C(=O)NCCc2cscn2)nc1. The van der Waals surface area contributed by atoms with E-state index in [1.165, 1.54) is 23.6 Å². The number of carbonyl (C=O) groups excluding carboxylic acids is 1. The smallest absolute Gasteiger partial charge is 0.328 e. The highest BCUT2D eigenvalue weighted by atomic mass is 32.1. The summed E-state index contributed by atoms with van der Waals surface area (Å²) in [5.74, 6) is -1.29. The molecule has 0 aromatic carbocycles. The topological polar surface area (TPSA) is 92.2 Å². The number of aromatic nitrogens is 2. The number of rotatable bonds is 6. The quantitative estimate of drug-likeness (QED) is 0.791. The van der Waals surface area contributed by atoms with Crippen LogP contribution in [0.25, 0.3) is 6.08 Å². The van der Waals surface area contributed by atoms with Crippen LogP contribution in [0.3, 0.4) is 0 Å². The van der Waals surface area contributed by atoms with E-state index in [1.807, 2.05) is 5.38 Å². The van der Waals surface area contributed by atoms with Gasteiger partial charge in [0.25, 0.3) is 5.91 Å². The van der Waals surface area contributed by atoms with E-state index in [-0.39, 0.29) is 5.91 Å². The molecule has 0 spiro atoms. The Bertz CT molecular complexity index is 636. The first-order valence-corrected chi connectivity index (χ1v) is 7.12. The Morgan fingerprint density at radius 3 is 2.81 bits per heavy atom. The number of hydrogen-bond donors (Lipinski definition) is 2. The van der Waals surface area contributed by atoms with Crippen LogP contribution in [0.15, 0.2) is 35.3 Å². The largest absolute Gasteiger partial charge is 0.478 e. The summed E-state index contributed by atoms with van der Waals surface area (Å²) < 4.78 is 0. The van der Waals surface area contributed by atoms with Gasteiger partial charge in [0, 0.05) is 30.6 Å². The molecule has 0 fully saturated rings. The van der Waals surface area contributed by atoms with Gasteiger partial charge in [-0.3, -0.25) is 9.78 Å². The van der Waals surface area contributed by atoms with Gasteiger partial charge in [-0.05, 0) is 17.7 Å². The molecule has 0 atom stereocenters. The van der Waals surface area contributed by atoms with Crippen LogP contribution in [-0.2, 0) is 11.2 Å². The van der Waals surface area contributed by atoms with E-state index in [4.69, 9.17) is 5.11 Å². The molecule has 0 aliphatic carbocycles. The molecule has 0 bridgehead atoms. The number of carbonyl (C=O) groups is 2. The summed E-state index contributed by atoms with van der Waals surface area (Å²) in [4.78, 5) is 30.4. The van der Waals surface area contributed by atoms with Crippen LogP contribution in [0.2, 0.25) is 0 Å². The molecule has 2 heterocycles. The molecule has 6 nitrogen and oxygen atoms in total. The number of carboxylic acids is 1. The number of nitrogens with zero attached hydrogens (tertiary/aromatic N) is 2. The second kappa shape index (κ2) is 7.30. The lowest BCUT2D eigenvalue weighted by atomic mass is 10.2. The van der Waals surface area contributed by atoms with Gasteiger partial charge < -0.3 is 10.4 Å². The van der Waals surface area contributed by atoms with Crippen molar-refractivity contribution in [2.45, 2.75) is 6.42 Å². The maximum atomic E-state index is 11.8. The van der Waals surface area contributed by atoms with Crippen molar-refractivity contribution < 1.29 is 14.7 Å². The highest BCUT2D eigenvalue weighted by molar-refractivity contribution is 7.07. The summed E-state index contributed by atoms with van der Waals surface area (Å²) in [5, 5.41) is 13.2. The molecule has 7 heteroatoms. The molecule has 2 aromatic rings. The number of amides is 1. The van der Waals surface area contributed by atoms with Crippen LogP contribution in [0.4, 0.5) is 0 Å². The predicted octanol–water partition coefficient (Wildman–Crippen LogP) is 1.61. The van der Waals surface area contributed by atoms with Gasteiger partial charge in [0.1, 0.15) is 5.69 Å². The van der Waals surface area contributed by atoms with Crippen molar-refractivity contribution in [1.82, 2.24) is 15.3 Å². The van der Waals surface area contributed by atoms with Crippen LogP contribution in [0, 0.1) is 0 Å². The van der Waals surface area contributed by atoms with Gasteiger partial charge in [0.2, 0.25) is 0 Å². The molecule has 108 valence electrons. The number of aliphatic carboxylic acids is 1. The Hall–Kier alpha value is -2.54. The Balaban J connectivity index is 1.86. The second-order valence-corrected chi connectivity index (χ2v) is 4.85. The number of nitrogens with one attached hydrogen (secondary N) is 1. The van der Waals surface area contributed by atoms with E-state index in [0.717, 1.165) is 11.8 Å². The van der Waals surface area contributed by atoms with Crippen molar-refractivity contribution in [2.24, 2.45) is 0 Å². The van der Waals surface area contributed by atoms with Gasteiger partial charge in [-0.1, -0.05) is 6.07 Å². The van der Waals surface area contributed by atoms with Crippen molar-refractivity contribution in [1.29, 1.82) is 0 Å². The van der Waals surface area contributed by atoms with Crippen molar-refractivity contribution in [3.63, 3.8) is 0 Å². The van der Waals surface area contributed by atoms with E-state index in [0.29, 0.717) is 24.2 Å². The summed E-state index contributed by atoms with van der Waals surface area (Å²) in [7, 11) is 0. The van der Waals surface area contributed by atoms with Crippen LogP contribution < -0.4 is 5.32 Å². The first kappa shape index (κ1) is 14.9. The van der Waals surface area contributed by atoms with E-state index >= 15 is 0 Å². The van der Waals surface area contributed by atoms with E-state index in [2.05, 4.69) is 15.3 Å². The van der Waals surface area contributed by atoms with Gasteiger partial charge in [0.05, 0.1) is 11.2 Å². The maximum absolute atomic E-state index is 11.8. The van der Waals surface area contributed by atoms with Crippen LogP contribution >= 0.6 is 11.3 Å². The molecular weight excluding hydrogens is 290 g/mol. The molecule has 2 aromatic heterocycles. The minimum absolute atomic E-state index is 0.265. The molecule has 2 N–H and O–H groups in total. The Morgan fingerprint density at radius 1 is 1.33 bits per heavy atom. The molecule has 0 saturated carbocycles. The fourth-order valence-corrected chi connectivity index (χ4v) is 2.15. The average Bonchev–Trinajstić information content (AvgIpc) is 2.99. The fourth-order valence-electron chi connectivity index (χ4n) is 1.56. The number of carboxylic acid groups (broad SMARTS) is 1. The molecule has 0 saturated heterocycles. The summed E-state index contributed by atoms with van der Waals surface area (Å²) in [6, 6.07) is 3.20. The summed E-state index contributed by atoms with van der Waals surface area (Å²) in [6.07, 6.45) is 4.56. The number of thiazole rings is 1. The third kappa shape index (κ3) is 4.81. The van der Waals surface area contributed by atoms with E-state index < -0.39 is 5.97 Å². The van der Waals surface area contributed by atoms with Gasteiger partial charge >= 0.3 is 5.97 Å². The van der Waals surface area contributed by atoms with Crippen LogP contribution in [0.1, 0.15) is 21.7 Å². The molecule has 0 aliphatic heterocycles. The highest BCUT2D eigenvalue weighted by Gasteiger charge is 2.06. The van der Waals surface area contributed by atoms with Gasteiger partial charge in [-0.2, -0.15) is 0 Å². The first-order valence-electron chi connectivity index (χ1n) is 6.17. The van der Waals surface area contributed by atoms with Crippen molar-refractivity contribution in [3.05, 3.63) is 52.2 Å². The third-order valence-electron chi connectivity index (χ3n) is 2.59. The van der Waals surface area contributed by atoms with Gasteiger partial charge in [-0.25, -0.2) is 9.78 Å². The first-order chi connectivity index (χ1) is 10.1. The van der Waals surface area contributed by atoms with Gasteiger partial charge in [-0.15, -0.1) is 11.3 Å². The Kier molecular flexibility index (Phi) is 5.16. The molecule has 21 heavy (non-hydrogen) atoms. The second-order valence-electron chi connectivity index (χ2n) is 4.13. The molecule has 2 rings (SSSR count). The zero-order chi connectivity index (χ0) is 15.1. The summed E-state index contributed by atoms with van der Waals surface area (Å²) in [6.45, 7) is 0.491. The minimum atomic E-state index is -1.03. The molecule has 1 amide bonds. The average molecular weight is 303 g/mol. The number of hydrogen-bond acceptors (Lipinski definition) is 5. The van der Waals surface area contributed by atoms with E-state index in [1.54, 1.807) is 17.6 Å². The lowest BCUT2D eigenvalue weighted by Gasteiger charge is -2.03. The van der Waals surface area contributed by atoms with Crippen LogP contribution in [-0.4, -0.2) is 33.5 Å². The van der Waals surface area contributed by atoms with E-state index in [9.17, 15) is 9.59 Å². The monoisotopic (exact) mass is 303 g/mol. The number of pyridine rings is 1. The minimum Gasteiger partial charge on any atom is -0.478 e. The lowest BCUT2D eigenvalue weighted by Crippen LogP contribution is -2.26. The van der Waals surface area contributed by atoms with Gasteiger partial charge in [0.15, 0.2) is 0 Å². The molecular formula is C14H13N3O3S. The Morgan fingerprint density at radius 2 is 2.19 bits per heavy atom. The summed E-state index contributed by atoms with van der Waals surface area (Å²) >= 11 is 1.52. The molecule has 0 radical (unpaired) electrons. The third-order valence-corrected chi connectivity index (χ3v) is 3.22. The molecule has 0 unspecified atom stereocenters. The zero-order valence-corrected chi connectivity index (χ0v) is 11.8. The fraction of sp³-hybridized carbons (Fsp3) is 0.143. The maximum Gasteiger partial charge on any atom is 0.328 e. The molecule has 0 aliphatic rings. The highest BCUT2D eigenvalue weighted by Crippen LogP contribution is 2.03.